The Morgan fingerprint density at radius 2 is 2.30 bits per heavy atom. The number of hydrogen-bond acceptors (Lipinski definition) is 1. The van der Waals surface area contributed by atoms with Gasteiger partial charge in [-0.05, 0) is 31.8 Å². The van der Waals surface area contributed by atoms with E-state index in [0.29, 0.717) is 11.5 Å². The molecule has 1 unspecified atom stereocenters. The third-order valence-electron chi connectivity index (χ3n) is 2.75. The zero-order valence-corrected chi connectivity index (χ0v) is 6.47. The molecule has 0 amide bonds. The molecule has 1 fully saturated rings. The van der Waals surface area contributed by atoms with Crippen LogP contribution in [0.15, 0.2) is 12.3 Å². The number of allylic oxidation sites excluding steroid dienone is 1. The number of hydrogen-bond donors (Lipinski definition) is 0. The fourth-order valence-corrected chi connectivity index (χ4v) is 1.57. The molecule has 1 heterocycles. The maximum absolute atomic E-state index is 5.52. The van der Waals surface area contributed by atoms with Gasteiger partial charge in [0.1, 0.15) is 6.10 Å². The van der Waals surface area contributed by atoms with Crippen LogP contribution in [0.2, 0.25) is 0 Å². The van der Waals surface area contributed by atoms with Gasteiger partial charge < -0.3 is 4.74 Å². The fraction of sp³-hybridized carbons (Fsp3) is 0.778. The van der Waals surface area contributed by atoms with E-state index >= 15 is 0 Å². The normalized spacial score (nSPS) is 35.1. The zero-order valence-electron chi connectivity index (χ0n) is 6.47. The van der Waals surface area contributed by atoms with Gasteiger partial charge in [0, 0.05) is 5.41 Å². The van der Waals surface area contributed by atoms with Crippen molar-refractivity contribution in [2.75, 3.05) is 0 Å². The van der Waals surface area contributed by atoms with Crippen molar-refractivity contribution in [2.45, 2.75) is 38.7 Å². The zero-order chi connectivity index (χ0) is 7.03. The smallest absolute Gasteiger partial charge is 0.103 e. The molecule has 0 bridgehead atoms. The molecule has 1 atom stereocenters. The molecule has 0 aromatic carbocycles. The molecule has 1 nitrogen and oxygen atoms in total. The van der Waals surface area contributed by atoms with Crippen LogP contribution in [0.25, 0.3) is 0 Å². The van der Waals surface area contributed by atoms with Gasteiger partial charge in [-0.15, -0.1) is 0 Å². The average Bonchev–Trinajstić information content (AvgIpc) is 2.72. The molecule has 56 valence electrons. The summed E-state index contributed by atoms with van der Waals surface area (Å²) in [6.45, 7) is 2.33. The van der Waals surface area contributed by atoms with Gasteiger partial charge in [-0.25, -0.2) is 0 Å². The van der Waals surface area contributed by atoms with Crippen LogP contribution in [0.5, 0.6) is 0 Å². The Balaban J connectivity index is 1.99. The van der Waals surface area contributed by atoms with Gasteiger partial charge in [0.05, 0.1) is 6.26 Å². The first kappa shape index (κ1) is 6.26. The van der Waals surface area contributed by atoms with Gasteiger partial charge >= 0.3 is 0 Å². The van der Waals surface area contributed by atoms with Crippen molar-refractivity contribution in [2.24, 2.45) is 5.41 Å². The van der Waals surface area contributed by atoms with E-state index in [1.165, 1.54) is 25.7 Å². The molecule has 1 saturated carbocycles. The lowest BCUT2D eigenvalue weighted by Gasteiger charge is -2.24. The maximum atomic E-state index is 5.52. The van der Waals surface area contributed by atoms with Gasteiger partial charge in [-0.2, -0.15) is 0 Å². The van der Waals surface area contributed by atoms with Gasteiger partial charge in [-0.1, -0.05) is 6.92 Å². The monoisotopic (exact) mass is 138 g/mol. The Bertz CT molecular complexity index is 156. The summed E-state index contributed by atoms with van der Waals surface area (Å²) < 4.78 is 5.52. The molecule has 0 N–H and O–H groups in total. The molecule has 1 aliphatic carbocycles. The van der Waals surface area contributed by atoms with Crippen molar-refractivity contribution < 1.29 is 4.74 Å². The first-order valence-electron chi connectivity index (χ1n) is 4.12. The van der Waals surface area contributed by atoms with Crippen molar-refractivity contribution in [3.05, 3.63) is 12.3 Å². The molecule has 10 heavy (non-hydrogen) atoms. The topological polar surface area (TPSA) is 9.23 Å². The number of rotatable bonds is 1. The minimum Gasteiger partial charge on any atom is -0.498 e. The number of ether oxygens (including phenoxy) is 1. The highest BCUT2D eigenvalue weighted by Gasteiger charge is 2.45. The van der Waals surface area contributed by atoms with E-state index in [1.807, 2.05) is 6.26 Å². The molecule has 0 spiro atoms. The van der Waals surface area contributed by atoms with E-state index < -0.39 is 0 Å². The minimum atomic E-state index is 0.525. The van der Waals surface area contributed by atoms with Crippen molar-refractivity contribution >= 4 is 0 Å². The summed E-state index contributed by atoms with van der Waals surface area (Å²) in [4.78, 5) is 0. The summed E-state index contributed by atoms with van der Waals surface area (Å²) in [7, 11) is 0. The van der Waals surface area contributed by atoms with Crippen LogP contribution < -0.4 is 0 Å². The lowest BCUT2D eigenvalue weighted by Crippen LogP contribution is -2.22. The lowest BCUT2D eigenvalue weighted by molar-refractivity contribution is 0.0639. The summed E-state index contributed by atoms with van der Waals surface area (Å²) in [5, 5.41) is 0. The van der Waals surface area contributed by atoms with Gasteiger partial charge in [0.2, 0.25) is 0 Å². The van der Waals surface area contributed by atoms with Crippen molar-refractivity contribution in [1.29, 1.82) is 0 Å². The van der Waals surface area contributed by atoms with Gasteiger partial charge in [-0.3, -0.25) is 0 Å². The summed E-state index contributed by atoms with van der Waals surface area (Å²) in [6.07, 6.45) is 9.68. The highest BCUT2D eigenvalue weighted by atomic mass is 16.5. The molecule has 0 aromatic heterocycles. The Hall–Kier alpha value is -0.460. The van der Waals surface area contributed by atoms with E-state index in [2.05, 4.69) is 13.0 Å². The Kier molecular flexibility index (Phi) is 1.26. The third-order valence-corrected chi connectivity index (χ3v) is 2.75. The fourth-order valence-electron chi connectivity index (χ4n) is 1.57. The van der Waals surface area contributed by atoms with Crippen molar-refractivity contribution in [1.82, 2.24) is 0 Å². The predicted molar refractivity (Wildman–Crippen MR) is 40.6 cm³/mol. The second-order valence-corrected chi connectivity index (χ2v) is 3.73. The van der Waals surface area contributed by atoms with Gasteiger partial charge in [0.15, 0.2) is 0 Å². The lowest BCUT2D eigenvalue weighted by atomic mass is 9.96. The summed E-state index contributed by atoms with van der Waals surface area (Å²) in [5.41, 5.74) is 0.546. The Morgan fingerprint density at radius 3 is 2.80 bits per heavy atom. The van der Waals surface area contributed by atoms with Crippen LogP contribution in [0.4, 0.5) is 0 Å². The Labute approximate surface area is 62.1 Å². The van der Waals surface area contributed by atoms with Crippen LogP contribution >= 0.6 is 0 Å². The highest BCUT2D eigenvalue weighted by molar-refractivity contribution is 4.99. The van der Waals surface area contributed by atoms with Crippen molar-refractivity contribution in [3.8, 4) is 0 Å². The molecular formula is C9H14O. The molecule has 1 heteroatoms. The van der Waals surface area contributed by atoms with Crippen LogP contribution in [-0.2, 0) is 4.74 Å². The van der Waals surface area contributed by atoms with Crippen LogP contribution in [0.3, 0.4) is 0 Å². The molecular weight excluding hydrogens is 124 g/mol. The first-order valence-corrected chi connectivity index (χ1v) is 4.12. The molecule has 0 aromatic rings. The average molecular weight is 138 g/mol. The van der Waals surface area contributed by atoms with Crippen LogP contribution in [-0.4, -0.2) is 6.10 Å². The molecule has 1 aliphatic heterocycles. The maximum Gasteiger partial charge on any atom is 0.103 e. The Morgan fingerprint density at radius 1 is 1.50 bits per heavy atom. The van der Waals surface area contributed by atoms with Crippen LogP contribution in [0.1, 0.15) is 32.6 Å². The van der Waals surface area contributed by atoms with E-state index in [0.717, 1.165) is 0 Å². The highest BCUT2D eigenvalue weighted by Crippen LogP contribution is 2.51. The van der Waals surface area contributed by atoms with E-state index in [9.17, 15) is 0 Å². The standard InChI is InChI=1S/C9H14O/c1-9(5-6-9)8-4-2-3-7-10-8/h3,7-8H,2,4-6H2,1H3. The molecule has 2 aliphatic rings. The quantitative estimate of drug-likeness (QED) is 0.541. The third kappa shape index (κ3) is 0.938. The van der Waals surface area contributed by atoms with E-state index in [1.54, 1.807) is 0 Å². The minimum absolute atomic E-state index is 0.525. The SMILES string of the molecule is CC1(C2CCC=CO2)CC1. The molecule has 2 rings (SSSR count). The predicted octanol–water partition coefficient (Wildman–Crippen LogP) is 2.48. The second kappa shape index (κ2) is 2.01. The second-order valence-electron chi connectivity index (χ2n) is 3.73. The first-order chi connectivity index (χ1) is 4.81. The molecule has 0 saturated heterocycles. The summed E-state index contributed by atoms with van der Waals surface area (Å²) in [5.74, 6) is 0. The van der Waals surface area contributed by atoms with Gasteiger partial charge in [0.25, 0.3) is 0 Å². The summed E-state index contributed by atoms with van der Waals surface area (Å²) >= 11 is 0. The van der Waals surface area contributed by atoms with E-state index in [4.69, 9.17) is 4.74 Å². The molecule has 0 radical (unpaired) electrons. The largest absolute Gasteiger partial charge is 0.498 e. The van der Waals surface area contributed by atoms with Crippen molar-refractivity contribution in [3.63, 3.8) is 0 Å². The van der Waals surface area contributed by atoms with E-state index in [-0.39, 0.29) is 0 Å². The summed E-state index contributed by atoms with van der Waals surface area (Å²) in [6, 6.07) is 0. The van der Waals surface area contributed by atoms with Crippen LogP contribution in [0, 0.1) is 5.41 Å².